The molecule has 0 saturated heterocycles. The molecular formula is C32H56NO8P. The molecule has 2 unspecified atom stereocenters. The molecule has 0 fully saturated rings. The van der Waals surface area contributed by atoms with Crippen molar-refractivity contribution in [2.45, 2.75) is 116 Å². The molecule has 0 bridgehead atoms. The van der Waals surface area contributed by atoms with Gasteiger partial charge in [0.25, 0.3) is 0 Å². The van der Waals surface area contributed by atoms with Crippen LogP contribution in [0.1, 0.15) is 110 Å². The van der Waals surface area contributed by atoms with E-state index in [4.69, 9.17) is 9.26 Å². The van der Waals surface area contributed by atoms with Crippen molar-refractivity contribution < 1.29 is 37.9 Å². The van der Waals surface area contributed by atoms with Gasteiger partial charge in [-0.3, -0.25) is 18.6 Å². The summed E-state index contributed by atoms with van der Waals surface area (Å²) >= 11 is 0. The second kappa shape index (κ2) is 29.1. The highest BCUT2D eigenvalue weighted by atomic mass is 31.2. The van der Waals surface area contributed by atoms with Gasteiger partial charge in [0.1, 0.15) is 12.7 Å². The summed E-state index contributed by atoms with van der Waals surface area (Å²) in [5, 5.41) is 12.2. The first-order valence-corrected chi connectivity index (χ1v) is 17.1. The summed E-state index contributed by atoms with van der Waals surface area (Å²) in [5.41, 5.74) is 0. The van der Waals surface area contributed by atoms with Gasteiger partial charge in [-0.2, -0.15) is 0 Å². The minimum absolute atomic E-state index is 0.0679. The SMILES string of the molecule is CCCCC/C=C\C/C=C\C/C=C\C/C=C\CCCCCCCC(=O)NCCOP(=O)(O)OCC(O)COC(=O)CC. The number of nitrogens with one attached hydrogen (secondary N) is 1. The van der Waals surface area contributed by atoms with Crippen LogP contribution in [0.2, 0.25) is 0 Å². The first-order chi connectivity index (χ1) is 20.3. The number of amides is 1. The second-order valence-electron chi connectivity index (χ2n) is 10.0. The van der Waals surface area contributed by atoms with Crippen molar-refractivity contribution in [1.29, 1.82) is 0 Å². The van der Waals surface area contributed by atoms with Crippen molar-refractivity contribution in [3.63, 3.8) is 0 Å². The minimum atomic E-state index is -4.38. The summed E-state index contributed by atoms with van der Waals surface area (Å²) in [6.07, 6.45) is 31.4. The number of hydrogen-bond donors (Lipinski definition) is 3. The molecule has 0 rings (SSSR count). The van der Waals surface area contributed by atoms with Gasteiger partial charge >= 0.3 is 13.8 Å². The fourth-order valence-corrected chi connectivity index (χ4v) is 4.39. The van der Waals surface area contributed by atoms with Gasteiger partial charge in [0, 0.05) is 19.4 Å². The first kappa shape index (κ1) is 40.0. The number of phosphoric ester groups is 1. The van der Waals surface area contributed by atoms with Gasteiger partial charge in [-0.15, -0.1) is 0 Å². The Kier molecular flexibility index (Phi) is 27.7. The molecule has 0 aromatic carbocycles. The number of phosphoric acid groups is 1. The Bertz CT molecular complexity index is 840. The number of carbonyl (C=O) groups is 2. The Labute approximate surface area is 254 Å². The van der Waals surface area contributed by atoms with E-state index >= 15 is 0 Å². The zero-order valence-electron chi connectivity index (χ0n) is 25.9. The van der Waals surface area contributed by atoms with Gasteiger partial charge in [-0.05, 0) is 51.4 Å². The van der Waals surface area contributed by atoms with Crippen LogP contribution in [0.25, 0.3) is 0 Å². The summed E-state index contributed by atoms with van der Waals surface area (Å²) in [6, 6.07) is 0. The van der Waals surface area contributed by atoms with Crippen molar-refractivity contribution in [2.24, 2.45) is 0 Å². The average Bonchev–Trinajstić information content (AvgIpc) is 2.97. The molecule has 9 nitrogen and oxygen atoms in total. The fraction of sp³-hybridized carbons (Fsp3) is 0.688. The summed E-state index contributed by atoms with van der Waals surface area (Å²) in [6.45, 7) is 2.83. The van der Waals surface area contributed by atoms with E-state index in [0.29, 0.717) is 6.42 Å². The summed E-state index contributed by atoms with van der Waals surface area (Å²) < 4.78 is 25.9. The molecule has 0 heterocycles. The normalized spacial score (nSPS) is 14.3. The van der Waals surface area contributed by atoms with E-state index in [1.54, 1.807) is 6.92 Å². The summed E-state index contributed by atoms with van der Waals surface area (Å²) in [7, 11) is -4.38. The maximum Gasteiger partial charge on any atom is 0.472 e. The van der Waals surface area contributed by atoms with Gasteiger partial charge in [-0.1, -0.05) is 94.6 Å². The zero-order valence-corrected chi connectivity index (χ0v) is 26.8. The van der Waals surface area contributed by atoms with Crippen LogP contribution in [-0.4, -0.2) is 54.3 Å². The van der Waals surface area contributed by atoms with Gasteiger partial charge in [-0.25, -0.2) is 4.57 Å². The molecule has 0 aromatic heterocycles. The number of aliphatic hydroxyl groups is 1. The highest BCUT2D eigenvalue weighted by Gasteiger charge is 2.23. The Hall–Kier alpha value is -2.03. The van der Waals surface area contributed by atoms with Crippen molar-refractivity contribution >= 4 is 19.7 Å². The molecule has 0 radical (unpaired) electrons. The summed E-state index contributed by atoms with van der Waals surface area (Å²) in [5.74, 6) is -0.631. The van der Waals surface area contributed by atoms with Gasteiger partial charge in [0.2, 0.25) is 5.91 Å². The Morgan fingerprint density at radius 3 is 1.90 bits per heavy atom. The molecule has 0 aliphatic rings. The molecule has 2 atom stereocenters. The molecule has 42 heavy (non-hydrogen) atoms. The molecule has 0 aliphatic heterocycles. The number of carbonyl (C=O) groups excluding carboxylic acids is 2. The molecule has 0 aliphatic carbocycles. The van der Waals surface area contributed by atoms with Crippen LogP contribution in [-0.2, 0) is 27.9 Å². The number of hydrogen-bond acceptors (Lipinski definition) is 7. The Morgan fingerprint density at radius 2 is 1.31 bits per heavy atom. The third kappa shape index (κ3) is 29.5. The highest BCUT2D eigenvalue weighted by molar-refractivity contribution is 7.47. The lowest BCUT2D eigenvalue weighted by atomic mass is 10.1. The third-order valence-corrected chi connectivity index (χ3v) is 7.05. The third-order valence-electron chi connectivity index (χ3n) is 6.07. The Morgan fingerprint density at radius 1 is 0.762 bits per heavy atom. The van der Waals surface area contributed by atoms with E-state index in [9.17, 15) is 24.2 Å². The standard InChI is InChI=1S/C32H56NO8P/c1-3-5-6-7-8-9-10-11-12-13-14-15-16-17-18-19-20-21-22-23-24-25-31(35)33-26-27-40-42(37,38)41-29-30(34)28-39-32(36)4-2/h8-9,11-12,14-15,17-18,30,34H,3-7,10,13,16,19-29H2,1-2H3,(H,33,35)(H,37,38)/b9-8-,12-11-,15-14-,18-17-. The van der Waals surface area contributed by atoms with Gasteiger partial charge in [0.15, 0.2) is 0 Å². The van der Waals surface area contributed by atoms with Gasteiger partial charge < -0.3 is 20.1 Å². The zero-order chi connectivity index (χ0) is 31.2. The van der Waals surface area contributed by atoms with Crippen LogP contribution in [0, 0.1) is 0 Å². The lowest BCUT2D eigenvalue weighted by Gasteiger charge is -2.15. The van der Waals surface area contributed by atoms with Crippen LogP contribution in [0.3, 0.4) is 0 Å². The second-order valence-corrected chi connectivity index (χ2v) is 11.5. The van der Waals surface area contributed by atoms with E-state index in [1.165, 1.54) is 25.7 Å². The van der Waals surface area contributed by atoms with E-state index < -0.39 is 26.5 Å². The van der Waals surface area contributed by atoms with E-state index in [2.05, 4.69) is 65.4 Å². The monoisotopic (exact) mass is 613 g/mol. The molecule has 1 amide bonds. The molecule has 0 aromatic rings. The van der Waals surface area contributed by atoms with Crippen molar-refractivity contribution in [1.82, 2.24) is 5.32 Å². The lowest BCUT2D eigenvalue weighted by molar-refractivity contribution is -0.146. The van der Waals surface area contributed by atoms with Crippen LogP contribution in [0.15, 0.2) is 48.6 Å². The van der Waals surface area contributed by atoms with Crippen LogP contribution < -0.4 is 5.32 Å². The molecular weight excluding hydrogens is 557 g/mol. The molecule has 242 valence electrons. The minimum Gasteiger partial charge on any atom is -0.463 e. The number of rotatable bonds is 28. The quantitative estimate of drug-likeness (QED) is 0.0364. The molecule has 10 heteroatoms. The van der Waals surface area contributed by atoms with Crippen molar-refractivity contribution in [2.75, 3.05) is 26.4 Å². The fourth-order valence-electron chi connectivity index (χ4n) is 3.64. The van der Waals surface area contributed by atoms with Crippen LogP contribution in [0.4, 0.5) is 0 Å². The summed E-state index contributed by atoms with van der Waals surface area (Å²) in [4.78, 5) is 32.6. The number of aliphatic hydroxyl groups excluding tert-OH is 1. The lowest BCUT2D eigenvalue weighted by Crippen LogP contribution is -2.27. The smallest absolute Gasteiger partial charge is 0.463 e. The molecule has 0 saturated carbocycles. The number of allylic oxidation sites excluding steroid dienone is 8. The number of esters is 1. The highest BCUT2D eigenvalue weighted by Crippen LogP contribution is 2.42. The Balaban J connectivity index is 3.60. The van der Waals surface area contributed by atoms with E-state index in [1.807, 2.05) is 0 Å². The van der Waals surface area contributed by atoms with Crippen LogP contribution in [0.5, 0.6) is 0 Å². The first-order valence-electron chi connectivity index (χ1n) is 15.6. The maximum absolute atomic E-state index is 11.9. The average molecular weight is 614 g/mol. The van der Waals surface area contributed by atoms with Crippen molar-refractivity contribution in [3.05, 3.63) is 48.6 Å². The van der Waals surface area contributed by atoms with Crippen LogP contribution >= 0.6 is 7.82 Å². The van der Waals surface area contributed by atoms with Gasteiger partial charge in [0.05, 0.1) is 13.2 Å². The number of unbranched alkanes of at least 4 members (excludes halogenated alkanes) is 8. The maximum atomic E-state index is 11.9. The predicted octanol–water partition coefficient (Wildman–Crippen LogP) is 7.26. The largest absolute Gasteiger partial charge is 0.472 e. The van der Waals surface area contributed by atoms with E-state index in [0.717, 1.165) is 57.8 Å². The predicted molar refractivity (Wildman–Crippen MR) is 169 cm³/mol. The molecule has 0 spiro atoms. The van der Waals surface area contributed by atoms with E-state index in [-0.39, 0.29) is 32.1 Å². The topological polar surface area (TPSA) is 131 Å². The van der Waals surface area contributed by atoms with Crippen molar-refractivity contribution in [3.8, 4) is 0 Å². The molecule has 3 N–H and O–H groups in total. The number of ether oxygens (including phenoxy) is 1.